The molecule has 0 unspecified atom stereocenters. The number of nitrogens with zero attached hydrogens (tertiary/aromatic N) is 3. The Morgan fingerprint density at radius 3 is 2.48 bits per heavy atom. The van der Waals surface area contributed by atoms with E-state index in [-0.39, 0.29) is 24.4 Å². The molecule has 0 spiro atoms. The second-order valence-corrected chi connectivity index (χ2v) is 6.00. The summed E-state index contributed by atoms with van der Waals surface area (Å²) in [5.41, 5.74) is 0.317. The van der Waals surface area contributed by atoms with Gasteiger partial charge in [-0.05, 0) is 12.5 Å². The highest BCUT2D eigenvalue weighted by Gasteiger charge is 2.44. The van der Waals surface area contributed by atoms with Crippen LogP contribution in [0.25, 0.3) is 0 Å². The molecule has 1 aliphatic heterocycles. The molecule has 2 aromatic rings. The lowest BCUT2D eigenvalue weighted by Gasteiger charge is -2.31. The molecule has 7 nitrogen and oxygen atoms in total. The van der Waals surface area contributed by atoms with Crippen LogP contribution < -0.4 is 0 Å². The number of aliphatic hydroxyl groups is 1. The molecule has 0 saturated carbocycles. The van der Waals surface area contributed by atoms with E-state index < -0.39 is 10.6 Å². The normalized spacial score (nSPS) is 19.6. The van der Waals surface area contributed by atoms with E-state index >= 15 is 0 Å². The second-order valence-electron chi connectivity index (χ2n) is 6.00. The van der Waals surface area contributed by atoms with E-state index in [9.17, 15) is 20.0 Å². The summed E-state index contributed by atoms with van der Waals surface area (Å²) in [4.78, 5) is 22.9. The van der Waals surface area contributed by atoms with E-state index in [1.54, 1.807) is 31.2 Å². The minimum atomic E-state index is -1.51. The zero-order valence-electron chi connectivity index (χ0n) is 13.6. The van der Waals surface area contributed by atoms with Gasteiger partial charge in [0.25, 0.3) is 5.69 Å². The Hall–Kier alpha value is -3.06. The summed E-state index contributed by atoms with van der Waals surface area (Å²) in [6.07, 6.45) is 0.229. The highest BCUT2D eigenvalue weighted by Crippen LogP contribution is 2.35. The quantitative estimate of drug-likeness (QED) is 0.684. The van der Waals surface area contributed by atoms with E-state index in [1.165, 1.54) is 24.3 Å². The molecule has 25 heavy (non-hydrogen) atoms. The predicted octanol–water partition coefficient (Wildman–Crippen LogP) is 2.59. The van der Waals surface area contributed by atoms with Gasteiger partial charge in [-0.25, -0.2) is 0 Å². The molecule has 0 aromatic heterocycles. The lowest BCUT2D eigenvalue weighted by molar-refractivity contribution is -0.384. The van der Waals surface area contributed by atoms with Gasteiger partial charge in [-0.15, -0.1) is 0 Å². The van der Waals surface area contributed by atoms with Crippen LogP contribution in [0.1, 0.15) is 24.5 Å². The molecule has 128 valence electrons. The molecule has 0 aliphatic carbocycles. The Labute approximate surface area is 144 Å². The maximum absolute atomic E-state index is 12.7. The van der Waals surface area contributed by atoms with Crippen molar-refractivity contribution in [1.82, 2.24) is 5.01 Å². The van der Waals surface area contributed by atoms with E-state index in [1.807, 2.05) is 6.07 Å². The van der Waals surface area contributed by atoms with Gasteiger partial charge < -0.3 is 5.11 Å². The summed E-state index contributed by atoms with van der Waals surface area (Å²) in [5, 5.41) is 27.1. The average molecular weight is 339 g/mol. The van der Waals surface area contributed by atoms with Gasteiger partial charge in [0.2, 0.25) is 5.91 Å². The number of nitro benzene ring substituents is 1. The predicted molar refractivity (Wildman–Crippen MR) is 91.7 cm³/mol. The Bertz CT molecular complexity index is 833. The van der Waals surface area contributed by atoms with Gasteiger partial charge in [0.15, 0.2) is 5.72 Å². The Morgan fingerprint density at radius 1 is 1.24 bits per heavy atom. The molecule has 2 aromatic carbocycles. The van der Waals surface area contributed by atoms with Crippen LogP contribution in [0.3, 0.4) is 0 Å². The average Bonchev–Trinajstić information content (AvgIpc) is 2.92. The van der Waals surface area contributed by atoms with Crippen LogP contribution in [0.5, 0.6) is 0 Å². The first-order valence-corrected chi connectivity index (χ1v) is 7.78. The molecule has 0 fully saturated rings. The minimum Gasteiger partial charge on any atom is -0.365 e. The zero-order chi connectivity index (χ0) is 18.0. The van der Waals surface area contributed by atoms with Crippen LogP contribution in [0.2, 0.25) is 0 Å². The first-order valence-electron chi connectivity index (χ1n) is 7.78. The maximum atomic E-state index is 12.7. The fourth-order valence-electron chi connectivity index (χ4n) is 2.90. The number of rotatable bonds is 4. The van der Waals surface area contributed by atoms with Crippen molar-refractivity contribution in [2.45, 2.75) is 25.5 Å². The molecule has 0 saturated heterocycles. The molecule has 0 radical (unpaired) electrons. The van der Waals surface area contributed by atoms with Crippen molar-refractivity contribution in [3.8, 4) is 0 Å². The number of nitro groups is 1. The Kier molecular flexibility index (Phi) is 4.33. The number of benzene rings is 2. The summed E-state index contributed by atoms with van der Waals surface area (Å²) >= 11 is 0. The molecule has 1 heterocycles. The first kappa shape index (κ1) is 16.8. The summed E-state index contributed by atoms with van der Waals surface area (Å²) in [6.45, 7) is 1.76. The van der Waals surface area contributed by atoms with Gasteiger partial charge in [-0.3, -0.25) is 14.9 Å². The number of hydrazone groups is 1. The fraction of sp³-hybridized carbons (Fsp3) is 0.222. The van der Waals surface area contributed by atoms with Crippen LogP contribution >= 0.6 is 0 Å². The third-order valence-corrected chi connectivity index (χ3v) is 4.10. The first-order chi connectivity index (χ1) is 11.9. The van der Waals surface area contributed by atoms with Gasteiger partial charge in [-0.1, -0.05) is 42.5 Å². The number of non-ortho nitro benzene ring substituents is 1. The standard InChI is InChI=1S/C18H17N3O4/c1-13-12-18(23,15-5-3-2-4-6-15)20(19-13)17(22)11-14-7-9-16(10-8-14)21(24)25/h2-10,23H,11-12H2,1H3/t18-/m0/s1. The summed E-state index contributed by atoms with van der Waals surface area (Å²) in [6, 6.07) is 14.7. The number of carbonyl (C=O) groups excluding carboxylic acids is 1. The maximum Gasteiger partial charge on any atom is 0.269 e. The van der Waals surface area contributed by atoms with Gasteiger partial charge in [0, 0.05) is 29.8 Å². The van der Waals surface area contributed by atoms with Gasteiger partial charge in [-0.2, -0.15) is 10.1 Å². The van der Waals surface area contributed by atoms with Crippen molar-refractivity contribution >= 4 is 17.3 Å². The lowest BCUT2D eigenvalue weighted by atomic mass is 9.97. The third-order valence-electron chi connectivity index (χ3n) is 4.10. The molecule has 7 heteroatoms. The van der Waals surface area contributed by atoms with Gasteiger partial charge >= 0.3 is 0 Å². The number of hydrogen-bond acceptors (Lipinski definition) is 5. The van der Waals surface area contributed by atoms with Crippen LogP contribution in [0.15, 0.2) is 59.7 Å². The van der Waals surface area contributed by atoms with Crippen molar-refractivity contribution in [2.24, 2.45) is 5.10 Å². The number of hydrogen-bond donors (Lipinski definition) is 1. The van der Waals surface area contributed by atoms with Crippen molar-refractivity contribution in [2.75, 3.05) is 0 Å². The van der Waals surface area contributed by atoms with Crippen LogP contribution in [0, 0.1) is 10.1 Å². The van der Waals surface area contributed by atoms with Crippen LogP contribution in [0.4, 0.5) is 5.69 Å². The SMILES string of the molecule is CC1=NN(C(=O)Cc2ccc([N+](=O)[O-])cc2)[C@@](O)(c2ccccc2)C1. The van der Waals surface area contributed by atoms with Crippen molar-refractivity contribution < 1.29 is 14.8 Å². The van der Waals surface area contributed by atoms with Crippen LogP contribution in [-0.4, -0.2) is 26.7 Å². The molecular formula is C18H17N3O4. The molecule has 3 rings (SSSR count). The lowest BCUT2D eigenvalue weighted by Crippen LogP contribution is -2.44. The largest absolute Gasteiger partial charge is 0.365 e. The van der Waals surface area contributed by atoms with E-state index in [0.29, 0.717) is 16.8 Å². The molecule has 1 amide bonds. The third kappa shape index (κ3) is 3.27. The summed E-state index contributed by atoms with van der Waals surface area (Å²) in [7, 11) is 0. The van der Waals surface area contributed by atoms with Gasteiger partial charge in [0.1, 0.15) is 0 Å². The molecule has 1 N–H and O–H groups in total. The zero-order valence-corrected chi connectivity index (χ0v) is 13.6. The molecule has 1 atom stereocenters. The number of carbonyl (C=O) groups is 1. The minimum absolute atomic E-state index is 0.0100. The Morgan fingerprint density at radius 2 is 1.88 bits per heavy atom. The second kappa shape index (κ2) is 6.45. The van der Waals surface area contributed by atoms with Gasteiger partial charge in [0.05, 0.1) is 11.3 Å². The van der Waals surface area contributed by atoms with Crippen molar-refractivity contribution in [3.63, 3.8) is 0 Å². The van der Waals surface area contributed by atoms with E-state index in [0.717, 1.165) is 5.01 Å². The fourth-order valence-corrected chi connectivity index (χ4v) is 2.90. The Balaban J connectivity index is 1.83. The molecule has 1 aliphatic rings. The smallest absolute Gasteiger partial charge is 0.269 e. The topological polar surface area (TPSA) is 96.0 Å². The van der Waals surface area contributed by atoms with E-state index in [2.05, 4.69) is 5.10 Å². The highest BCUT2D eigenvalue weighted by molar-refractivity contribution is 5.89. The molecule has 0 bridgehead atoms. The van der Waals surface area contributed by atoms with Crippen LogP contribution in [-0.2, 0) is 16.9 Å². The number of amides is 1. The monoisotopic (exact) mass is 339 g/mol. The van der Waals surface area contributed by atoms with Crippen molar-refractivity contribution in [1.29, 1.82) is 0 Å². The summed E-state index contributed by atoms with van der Waals surface area (Å²) < 4.78 is 0. The van der Waals surface area contributed by atoms with E-state index in [4.69, 9.17) is 0 Å². The summed E-state index contributed by atoms with van der Waals surface area (Å²) in [5.74, 6) is -0.378. The highest BCUT2D eigenvalue weighted by atomic mass is 16.6. The van der Waals surface area contributed by atoms with Crippen molar-refractivity contribution in [3.05, 3.63) is 75.8 Å². The molecular weight excluding hydrogens is 322 g/mol.